The maximum Gasteiger partial charge on any atom is 0.0270 e. The van der Waals surface area contributed by atoms with Crippen molar-refractivity contribution in [3.8, 4) is 0 Å². The first-order valence-electron chi connectivity index (χ1n) is 10.1. The molecule has 29 heavy (non-hydrogen) atoms. The Morgan fingerprint density at radius 3 is 1.93 bits per heavy atom. The van der Waals surface area contributed by atoms with Crippen LogP contribution in [0.4, 0.5) is 0 Å². The molecule has 2 nitrogen and oxygen atoms in total. The Bertz CT molecular complexity index is 1400. The zero-order valence-corrected chi connectivity index (χ0v) is 16.0. The second-order valence-corrected chi connectivity index (χ2v) is 8.09. The number of hydrogen-bond donors (Lipinski definition) is 0. The fourth-order valence-corrected chi connectivity index (χ4v) is 5.13. The van der Waals surface area contributed by atoms with Crippen LogP contribution in [0.3, 0.4) is 0 Å². The van der Waals surface area contributed by atoms with Crippen molar-refractivity contribution in [1.29, 1.82) is 0 Å². The molecule has 2 heterocycles. The molecule has 0 unspecified atom stereocenters. The molecule has 0 radical (unpaired) electrons. The topological polar surface area (TPSA) is 25.8 Å². The Balaban J connectivity index is 1.67. The number of aromatic nitrogens is 2. The van der Waals surface area contributed by atoms with Crippen molar-refractivity contribution in [1.82, 2.24) is 9.97 Å². The summed E-state index contributed by atoms with van der Waals surface area (Å²) >= 11 is 0. The SMILES string of the molecule is C1=c2cccc3c2=c2c(cccc2=C3)C1(Cc1ccncc1)Cc1ccncc1. The van der Waals surface area contributed by atoms with Crippen LogP contribution >= 0.6 is 0 Å². The van der Waals surface area contributed by atoms with Crippen molar-refractivity contribution in [3.05, 3.63) is 129 Å². The van der Waals surface area contributed by atoms with Gasteiger partial charge < -0.3 is 0 Å². The first-order valence-corrected chi connectivity index (χ1v) is 10.1. The van der Waals surface area contributed by atoms with Crippen LogP contribution in [-0.2, 0) is 18.3 Å². The van der Waals surface area contributed by atoms with E-state index in [4.69, 9.17) is 0 Å². The molecule has 0 amide bonds. The van der Waals surface area contributed by atoms with E-state index in [0.717, 1.165) is 12.8 Å². The monoisotopic (exact) mass is 372 g/mol. The van der Waals surface area contributed by atoms with Gasteiger partial charge in [0.1, 0.15) is 0 Å². The Kier molecular flexibility index (Phi) is 3.54. The van der Waals surface area contributed by atoms with Gasteiger partial charge in [-0.05, 0) is 86.3 Å². The minimum absolute atomic E-state index is 0.113. The van der Waals surface area contributed by atoms with Crippen LogP contribution in [0, 0.1) is 10.4 Å². The lowest BCUT2D eigenvalue weighted by Crippen LogP contribution is -2.36. The minimum atomic E-state index is -0.113. The van der Waals surface area contributed by atoms with E-state index >= 15 is 0 Å². The lowest BCUT2D eigenvalue weighted by molar-refractivity contribution is 0.552. The van der Waals surface area contributed by atoms with Gasteiger partial charge in [0.05, 0.1) is 0 Å². The van der Waals surface area contributed by atoms with Crippen molar-refractivity contribution < 1.29 is 0 Å². The lowest BCUT2D eigenvalue weighted by Gasteiger charge is -2.34. The van der Waals surface area contributed by atoms with E-state index in [9.17, 15) is 0 Å². The fraction of sp³-hybridized carbons (Fsp3) is 0.111. The predicted octanol–water partition coefficient (Wildman–Crippen LogP) is 3.42. The second-order valence-electron chi connectivity index (χ2n) is 8.09. The summed E-state index contributed by atoms with van der Waals surface area (Å²) in [6.45, 7) is 0. The van der Waals surface area contributed by atoms with Crippen LogP contribution < -0.4 is 10.4 Å². The minimum Gasteiger partial charge on any atom is -0.265 e. The average molecular weight is 372 g/mol. The molecule has 138 valence electrons. The van der Waals surface area contributed by atoms with Crippen molar-refractivity contribution in [2.24, 2.45) is 0 Å². The molecule has 0 spiro atoms. The molecular formula is C27H20N2. The van der Waals surface area contributed by atoms with Gasteiger partial charge in [0, 0.05) is 30.2 Å². The summed E-state index contributed by atoms with van der Waals surface area (Å²) in [5.74, 6) is 0. The normalized spacial score (nSPS) is 14.6. The molecule has 0 saturated carbocycles. The van der Waals surface area contributed by atoms with Gasteiger partial charge in [-0.15, -0.1) is 0 Å². The molecule has 0 atom stereocenters. The van der Waals surface area contributed by atoms with Crippen molar-refractivity contribution in [2.75, 3.05) is 0 Å². The molecule has 0 N–H and O–H groups in total. The van der Waals surface area contributed by atoms with Gasteiger partial charge >= 0.3 is 0 Å². The van der Waals surface area contributed by atoms with Crippen molar-refractivity contribution in [3.63, 3.8) is 0 Å². The average Bonchev–Trinajstić information content (AvgIpc) is 3.14. The highest BCUT2D eigenvalue weighted by Gasteiger charge is 2.34. The standard InChI is InChI=1S/C27H20N2/c1-3-21-15-22-4-2-6-24-26(22)25(21)23(5-1)18-27(24,16-19-7-11-28-12-8-19)17-20-9-13-29-14-10-20/h1-15,18H,16-17H2. The van der Waals surface area contributed by atoms with Gasteiger partial charge in [-0.3, -0.25) is 9.97 Å². The molecule has 2 aromatic carbocycles. The van der Waals surface area contributed by atoms with Gasteiger partial charge in [-0.1, -0.05) is 42.5 Å². The van der Waals surface area contributed by atoms with Crippen LogP contribution in [0.25, 0.3) is 12.2 Å². The van der Waals surface area contributed by atoms with Crippen molar-refractivity contribution >= 4 is 12.2 Å². The number of benzene rings is 2. The molecule has 2 aliphatic carbocycles. The van der Waals surface area contributed by atoms with E-state index in [1.54, 1.807) is 0 Å². The molecular weight excluding hydrogens is 352 g/mol. The Morgan fingerprint density at radius 2 is 1.24 bits per heavy atom. The summed E-state index contributed by atoms with van der Waals surface area (Å²) < 4.78 is 0. The Hall–Kier alpha value is -3.52. The summed E-state index contributed by atoms with van der Waals surface area (Å²) in [4.78, 5) is 8.45. The fourth-order valence-electron chi connectivity index (χ4n) is 5.13. The summed E-state index contributed by atoms with van der Waals surface area (Å²) in [7, 11) is 0. The molecule has 0 fully saturated rings. The third-order valence-electron chi connectivity index (χ3n) is 6.29. The molecule has 0 saturated heterocycles. The summed E-state index contributed by atoms with van der Waals surface area (Å²) in [5.41, 5.74) is 5.27. The number of pyridine rings is 2. The zero-order valence-electron chi connectivity index (χ0n) is 16.0. The highest BCUT2D eigenvalue weighted by atomic mass is 14.6. The van der Waals surface area contributed by atoms with Crippen LogP contribution in [0.2, 0.25) is 0 Å². The van der Waals surface area contributed by atoms with Gasteiger partial charge in [-0.25, -0.2) is 0 Å². The van der Waals surface area contributed by atoms with E-state index in [1.165, 1.54) is 43.1 Å². The van der Waals surface area contributed by atoms with Crippen LogP contribution in [0.5, 0.6) is 0 Å². The van der Waals surface area contributed by atoms with Gasteiger partial charge in [-0.2, -0.15) is 0 Å². The smallest absolute Gasteiger partial charge is 0.0270 e. The molecule has 2 aromatic heterocycles. The van der Waals surface area contributed by atoms with E-state index in [2.05, 4.69) is 82.8 Å². The van der Waals surface area contributed by atoms with Gasteiger partial charge in [0.25, 0.3) is 0 Å². The summed E-state index contributed by atoms with van der Waals surface area (Å²) in [6, 6.07) is 22.0. The maximum atomic E-state index is 4.22. The van der Waals surface area contributed by atoms with E-state index < -0.39 is 0 Å². The Labute approximate surface area is 169 Å². The third kappa shape index (κ3) is 2.56. The number of nitrogens with zero attached hydrogens (tertiary/aromatic N) is 2. The number of hydrogen-bond acceptors (Lipinski definition) is 2. The third-order valence-corrected chi connectivity index (χ3v) is 6.29. The van der Waals surface area contributed by atoms with Crippen molar-refractivity contribution in [2.45, 2.75) is 18.3 Å². The van der Waals surface area contributed by atoms with Crippen LogP contribution in [-0.4, -0.2) is 9.97 Å². The maximum absolute atomic E-state index is 4.22. The van der Waals surface area contributed by atoms with Gasteiger partial charge in [0.2, 0.25) is 0 Å². The zero-order chi connectivity index (χ0) is 19.3. The first kappa shape index (κ1) is 16.4. The summed E-state index contributed by atoms with van der Waals surface area (Å²) in [6.07, 6.45) is 14.3. The molecule has 6 rings (SSSR count). The first-order chi connectivity index (χ1) is 14.3. The molecule has 2 aliphatic rings. The van der Waals surface area contributed by atoms with Crippen LogP contribution in [0.15, 0.2) is 85.5 Å². The molecule has 0 bridgehead atoms. The highest BCUT2D eigenvalue weighted by Crippen LogP contribution is 2.37. The highest BCUT2D eigenvalue weighted by molar-refractivity contribution is 5.64. The van der Waals surface area contributed by atoms with Crippen LogP contribution in [0.1, 0.15) is 22.3 Å². The summed E-state index contributed by atoms with van der Waals surface area (Å²) in [5, 5.41) is 5.51. The van der Waals surface area contributed by atoms with E-state index in [1.807, 2.05) is 24.8 Å². The van der Waals surface area contributed by atoms with E-state index in [0.29, 0.717) is 0 Å². The number of rotatable bonds is 4. The lowest BCUT2D eigenvalue weighted by atomic mass is 9.68. The quantitative estimate of drug-likeness (QED) is 0.483. The molecule has 4 aromatic rings. The predicted molar refractivity (Wildman–Crippen MR) is 115 cm³/mol. The van der Waals surface area contributed by atoms with E-state index in [-0.39, 0.29) is 5.41 Å². The molecule has 0 aliphatic heterocycles. The second kappa shape index (κ2) is 6.25. The van der Waals surface area contributed by atoms with Gasteiger partial charge in [0.15, 0.2) is 0 Å². The Morgan fingerprint density at radius 1 is 0.621 bits per heavy atom. The molecule has 2 heteroatoms. The largest absolute Gasteiger partial charge is 0.265 e.